The van der Waals surface area contributed by atoms with Gasteiger partial charge in [0.2, 0.25) is 5.91 Å². The highest BCUT2D eigenvalue weighted by molar-refractivity contribution is 5.80. The average Bonchev–Trinajstić information content (AvgIpc) is 2.80. The van der Waals surface area contributed by atoms with Crippen molar-refractivity contribution in [1.29, 1.82) is 0 Å². The van der Waals surface area contributed by atoms with Crippen LogP contribution in [0.25, 0.3) is 0 Å². The van der Waals surface area contributed by atoms with Crippen molar-refractivity contribution in [3.8, 4) is 0 Å². The van der Waals surface area contributed by atoms with Crippen molar-refractivity contribution in [2.24, 2.45) is 5.41 Å². The Labute approximate surface area is 118 Å². The summed E-state index contributed by atoms with van der Waals surface area (Å²) in [5.41, 5.74) is 0.180. The summed E-state index contributed by atoms with van der Waals surface area (Å²) < 4.78 is 0. The highest BCUT2D eigenvalue weighted by Crippen LogP contribution is 2.38. The van der Waals surface area contributed by atoms with Crippen LogP contribution in [0, 0.1) is 5.41 Å². The molecule has 0 aliphatic heterocycles. The highest BCUT2D eigenvalue weighted by atomic mass is 16.4. The van der Waals surface area contributed by atoms with Gasteiger partial charge in [-0.3, -0.25) is 14.6 Å². The smallest absolute Gasteiger partial charge is 0.311 e. The van der Waals surface area contributed by atoms with Crippen LogP contribution < -0.4 is 5.32 Å². The zero-order valence-corrected chi connectivity index (χ0v) is 11.6. The Kier molecular flexibility index (Phi) is 4.37. The van der Waals surface area contributed by atoms with E-state index in [1.54, 1.807) is 19.3 Å². The van der Waals surface area contributed by atoms with Crippen LogP contribution >= 0.6 is 0 Å². The number of carboxylic acids is 1. The Hall–Kier alpha value is -1.91. The zero-order valence-electron chi connectivity index (χ0n) is 11.6. The second kappa shape index (κ2) is 6.03. The van der Waals surface area contributed by atoms with Crippen molar-refractivity contribution in [2.45, 2.75) is 45.1 Å². The third-order valence-corrected chi connectivity index (χ3v) is 4.15. The lowest BCUT2D eigenvalue weighted by Gasteiger charge is -2.27. The molecule has 5 heteroatoms. The fourth-order valence-corrected chi connectivity index (χ4v) is 2.72. The third-order valence-electron chi connectivity index (χ3n) is 4.15. The molecule has 2 rings (SSSR count). The molecule has 2 N–H and O–H groups in total. The van der Waals surface area contributed by atoms with Crippen LogP contribution in [0.2, 0.25) is 0 Å². The second-order valence-corrected chi connectivity index (χ2v) is 5.60. The molecule has 0 radical (unpaired) electrons. The monoisotopic (exact) mass is 276 g/mol. The molecule has 1 fully saturated rings. The Morgan fingerprint density at radius 3 is 3.00 bits per heavy atom. The molecule has 0 spiro atoms. The lowest BCUT2D eigenvalue weighted by molar-refractivity contribution is -0.149. The molecule has 0 bridgehead atoms. The van der Waals surface area contributed by atoms with E-state index in [4.69, 9.17) is 0 Å². The lowest BCUT2D eigenvalue weighted by Crippen LogP contribution is -2.47. The summed E-state index contributed by atoms with van der Waals surface area (Å²) in [6.07, 6.45) is 6.62. The number of hydrogen-bond donors (Lipinski definition) is 2. The van der Waals surface area contributed by atoms with Crippen molar-refractivity contribution in [3.05, 3.63) is 30.1 Å². The number of amides is 1. The van der Waals surface area contributed by atoms with Gasteiger partial charge in [-0.2, -0.15) is 0 Å². The van der Waals surface area contributed by atoms with Crippen LogP contribution in [-0.2, 0) is 16.0 Å². The molecular formula is C15H20N2O3. The molecule has 2 unspecified atom stereocenters. The minimum absolute atomic E-state index is 0.0896. The number of hydrogen-bond acceptors (Lipinski definition) is 3. The van der Waals surface area contributed by atoms with Crippen LogP contribution in [0.4, 0.5) is 0 Å². The highest BCUT2D eigenvalue weighted by Gasteiger charge is 2.45. The van der Waals surface area contributed by atoms with Crippen LogP contribution in [0.1, 0.15) is 38.2 Å². The van der Waals surface area contributed by atoms with E-state index in [0.717, 1.165) is 18.4 Å². The Morgan fingerprint density at radius 1 is 1.55 bits per heavy atom. The average molecular weight is 276 g/mol. The van der Waals surface area contributed by atoms with E-state index in [2.05, 4.69) is 10.3 Å². The summed E-state index contributed by atoms with van der Waals surface area (Å²) in [7, 11) is 0. The topological polar surface area (TPSA) is 79.3 Å². The lowest BCUT2D eigenvalue weighted by atomic mass is 9.85. The number of carbonyl (C=O) groups is 2. The van der Waals surface area contributed by atoms with Gasteiger partial charge >= 0.3 is 5.97 Å². The zero-order chi connectivity index (χ0) is 14.6. The van der Waals surface area contributed by atoms with Crippen LogP contribution in [0.3, 0.4) is 0 Å². The van der Waals surface area contributed by atoms with Gasteiger partial charge in [-0.25, -0.2) is 0 Å². The molecule has 1 heterocycles. The first-order valence-electron chi connectivity index (χ1n) is 6.94. The summed E-state index contributed by atoms with van der Waals surface area (Å²) >= 11 is 0. The number of aromatic nitrogens is 1. The number of carbonyl (C=O) groups excluding carboxylic acids is 1. The van der Waals surface area contributed by atoms with Crippen molar-refractivity contribution in [3.63, 3.8) is 0 Å². The van der Waals surface area contributed by atoms with E-state index in [1.165, 1.54) is 0 Å². The van der Waals surface area contributed by atoms with Gasteiger partial charge in [0.25, 0.3) is 0 Å². The summed E-state index contributed by atoms with van der Waals surface area (Å²) in [6.45, 7) is 1.72. The molecule has 108 valence electrons. The van der Waals surface area contributed by atoms with Gasteiger partial charge in [0, 0.05) is 24.9 Å². The van der Waals surface area contributed by atoms with Gasteiger partial charge in [-0.1, -0.05) is 12.5 Å². The molecule has 1 aliphatic carbocycles. The molecule has 0 aromatic carbocycles. The Bertz CT molecular complexity index is 489. The number of aliphatic carboxylic acids is 1. The Morgan fingerprint density at radius 2 is 2.35 bits per heavy atom. The van der Waals surface area contributed by atoms with E-state index in [9.17, 15) is 14.7 Å². The minimum atomic E-state index is -0.829. The molecule has 1 aromatic rings. The van der Waals surface area contributed by atoms with Crippen LogP contribution in [0.15, 0.2) is 24.5 Å². The van der Waals surface area contributed by atoms with Gasteiger partial charge in [0.1, 0.15) is 0 Å². The molecule has 1 aromatic heterocycles. The second-order valence-electron chi connectivity index (χ2n) is 5.60. The number of nitrogens with zero attached hydrogens (tertiary/aromatic N) is 1. The molecule has 1 amide bonds. The van der Waals surface area contributed by atoms with Crippen molar-refractivity contribution in [1.82, 2.24) is 10.3 Å². The van der Waals surface area contributed by atoms with Crippen molar-refractivity contribution < 1.29 is 14.7 Å². The number of aryl methyl sites for hydroxylation is 1. The maximum absolute atomic E-state index is 12.0. The first-order chi connectivity index (χ1) is 9.52. The molecule has 0 saturated heterocycles. The largest absolute Gasteiger partial charge is 0.481 e. The van der Waals surface area contributed by atoms with Crippen LogP contribution in [-0.4, -0.2) is 28.0 Å². The van der Waals surface area contributed by atoms with Gasteiger partial charge in [-0.05, 0) is 37.8 Å². The SMILES string of the molecule is CC1(C(=O)O)CCCC1NC(=O)CCc1cccnc1. The number of nitrogens with one attached hydrogen (secondary N) is 1. The normalized spacial score (nSPS) is 25.4. The van der Waals surface area contributed by atoms with E-state index in [-0.39, 0.29) is 11.9 Å². The molecular weight excluding hydrogens is 256 g/mol. The van der Waals surface area contributed by atoms with E-state index in [0.29, 0.717) is 19.3 Å². The van der Waals surface area contributed by atoms with Gasteiger partial charge in [0.15, 0.2) is 0 Å². The maximum atomic E-state index is 12.0. The molecule has 20 heavy (non-hydrogen) atoms. The van der Waals surface area contributed by atoms with Gasteiger partial charge < -0.3 is 10.4 Å². The van der Waals surface area contributed by atoms with E-state index < -0.39 is 11.4 Å². The van der Waals surface area contributed by atoms with Crippen molar-refractivity contribution in [2.75, 3.05) is 0 Å². The Balaban J connectivity index is 1.87. The number of pyridine rings is 1. The maximum Gasteiger partial charge on any atom is 0.311 e. The summed E-state index contributed by atoms with van der Waals surface area (Å²) in [4.78, 5) is 27.3. The fraction of sp³-hybridized carbons (Fsp3) is 0.533. The minimum Gasteiger partial charge on any atom is -0.481 e. The van der Waals surface area contributed by atoms with Crippen molar-refractivity contribution >= 4 is 11.9 Å². The van der Waals surface area contributed by atoms with Gasteiger partial charge in [0.05, 0.1) is 5.41 Å². The first-order valence-corrected chi connectivity index (χ1v) is 6.94. The van der Waals surface area contributed by atoms with E-state index in [1.807, 2.05) is 12.1 Å². The molecule has 1 saturated carbocycles. The first kappa shape index (κ1) is 14.5. The molecule has 1 aliphatic rings. The standard InChI is InChI=1S/C15H20N2O3/c1-15(14(19)20)8-2-5-12(15)17-13(18)7-6-11-4-3-9-16-10-11/h3-4,9-10,12H,2,5-8H2,1H3,(H,17,18)(H,19,20). The number of rotatable bonds is 5. The summed E-state index contributed by atoms with van der Waals surface area (Å²) in [5.74, 6) is -0.916. The summed E-state index contributed by atoms with van der Waals surface area (Å²) in [6, 6.07) is 3.50. The number of carboxylic acid groups (broad SMARTS) is 1. The third kappa shape index (κ3) is 3.15. The molecule has 5 nitrogen and oxygen atoms in total. The quantitative estimate of drug-likeness (QED) is 0.859. The van der Waals surface area contributed by atoms with E-state index >= 15 is 0 Å². The predicted octanol–water partition coefficient (Wildman–Crippen LogP) is 1.77. The molecule has 2 atom stereocenters. The predicted molar refractivity (Wildman–Crippen MR) is 74.1 cm³/mol. The fourth-order valence-electron chi connectivity index (χ4n) is 2.72. The van der Waals surface area contributed by atoms with Gasteiger partial charge in [-0.15, -0.1) is 0 Å². The van der Waals surface area contributed by atoms with Crippen LogP contribution in [0.5, 0.6) is 0 Å². The summed E-state index contributed by atoms with van der Waals surface area (Å²) in [5, 5.41) is 12.2.